The van der Waals surface area contributed by atoms with E-state index in [0.29, 0.717) is 11.6 Å². The normalized spacial score (nSPS) is 23.0. The lowest BCUT2D eigenvalue weighted by Gasteiger charge is -2.40. The summed E-state index contributed by atoms with van der Waals surface area (Å²) >= 11 is 0. The Morgan fingerprint density at radius 1 is 1.07 bits per heavy atom. The van der Waals surface area contributed by atoms with E-state index in [9.17, 15) is 4.79 Å². The Hall–Kier alpha value is -1.40. The molecule has 1 saturated heterocycles. The van der Waals surface area contributed by atoms with Gasteiger partial charge in [-0.3, -0.25) is 14.6 Å². The number of carbonyl (C=O) groups is 1. The summed E-state index contributed by atoms with van der Waals surface area (Å²) in [6, 6.07) is 0.753. The van der Waals surface area contributed by atoms with E-state index in [-0.39, 0.29) is 5.91 Å². The van der Waals surface area contributed by atoms with Crippen molar-refractivity contribution < 1.29 is 4.79 Å². The van der Waals surface area contributed by atoms with Crippen molar-refractivity contribution in [2.75, 3.05) is 39.3 Å². The molecule has 0 unspecified atom stereocenters. The maximum atomic E-state index is 13.0. The number of amides is 1. The second-order valence-electron chi connectivity index (χ2n) is 8.98. The SMILES string of the molecule is CC(C)CN1CCn2cc(C(=O)N3CCN(C4CCCCC4)CC3)nc2C1. The summed E-state index contributed by atoms with van der Waals surface area (Å²) in [6.07, 6.45) is 8.81. The van der Waals surface area contributed by atoms with Crippen molar-refractivity contribution >= 4 is 5.91 Å². The van der Waals surface area contributed by atoms with Gasteiger partial charge in [0, 0.05) is 58.1 Å². The van der Waals surface area contributed by atoms with Crippen LogP contribution in [0, 0.1) is 5.92 Å². The first-order valence-electron chi connectivity index (χ1n) is 10.9. The zero-order chi connectivity index (χ0) is 18.8. The van der Waals surface area contributed by atoms with Crippen molar-refractivity contribution in [1.82, 2.24) is 24.3 Å². The van der Waals surface area contributed by atoms with Crippen LogP contribution in [-0.2, 0) is 13.1 Å². The molecule has 27 heavy (non-hydrogen) atoms. The van der Waals surface area contributed by atoms with Gasteiger partial charge < -0.3 is 9.47 Å². The van der Waals surface area contributed by atoms with Gasteiger partial charge in [0.15, 0.2) is 0 Å². The van der Waals surface area contributed by atoms with Gasteiger partial charge in [-0.15, -0.1) is 0 Å². The highest BCUT2D eigenvalue weighted by Gasteiger charge is 2.29. The fraction of sp³-hybridized carbons (Fsp3) is 0.810. The molecule has 3 heterocycles. The van der Waals surface area contributed by atoms with Crippen LogP contribution in [0.2, 0.25) is 0 Å². The molecule has 6 nitrogen and oxygen atoms in total. The maximum absolute atomic E-state index is 13.0. The molecule has 1 aromatic heterocycles. The summed E-state index contributed by atoms with van der Waals surface area (Å²) in [5, 5.41) is 0. The van der Waals surface area contributed by atoms with E-state index in [2.05, 4.69) is 28.2 Å². The first kappa shape index (κ1) is 18.9. The number of carbonyl (C=O) groups excluding carboxylic acids is 1. The molecule has 1 aromatic rings. The molecule has 3 aliphatic rings. The van der Waals surface area contributed by atoms with Crippen LogP contribution in [0.1, 0.15) is 62.3 Å². The Kier molecular flexibility index (Phi) is 5.83. The summed E-state index contributed by atoms with van der Waals surface area (Å²) in [5.41, 5.74) is 0.641. The number of fused-ring (bicyclic) bond motifs is 1. The smallest absolute Gasteiger partial charge is 0.274 e. The van der Waals surface area contributed by atoms with Gasteiger partial charge in [0.25, 0.3) is 5.91 Å². The topological polar surface area (TPSA) is 44.6 Å². The van der Waals surface area contributed by atoms with E-state index in [1.54, 1.807) is 0 Å². The molecule has 1 amide bonds. The molecule has 0 radical (unpaired) electrons. The van der Waals surface area contributed by atoms with Gasteiger partial charge in [-0.2, -0.15) is 0 Å². The lowest BCUT2D eigenvalue weighted by atomic mass is 9.94. The van der Waals surface area contributed by atoms with Gasteiger partial charge >= 0.3 is 0 Å². The van der Waals surface area contributed by atoms with E-state index >= 15 is 0 Å². The summed E-state index contributed by atoms with van der Waals surface area (Å²) in [5.74, 6) is 1.83. The minimum Gasteiger partial charge on any atom is -0.335 e. The second kappa shape index (κ2) is 8.31. The molecule has 1 saturated carbocycles. The van der Waals surface area contributed by atoms with Crippen LogP contribution in [0.25, 0.3) is 0 Å². The van der Waals surface area contributed by atoms with Crippen LogP contribution in [-0.4, -0.2) is 75.5 Å². The Morgan fingerprint density at radius 3 is 2.52 bits per heavy atom. The van der Waals surface area contributed by atoms with Crippen LogP contribution in [0.15, 0.2) is 6.20 Å². The second-order valence-corrected chi connectivity index (χ2v) is 8.98. The highest BCUT2D eigenvalue weighted by Crippen LogP contribution is 2.24. The molecule has 150 valence electrons. The molecule has 1 aliphatic carbocycles. The fourth-order valence-electron chi connectivity index (χ4n) is 4.98. The predicted molar refractivity (Wildman–Crippen MR) is 107 cm³/mol. The lowest BCUT2D eigenvalue weighted by molar-refractivity contribution is 0.0518. The molecule has 0 bridgehead atoms. The van der Waals surface area contributed by atoms with E-state index < -0.39 is 0 Å². The van der Waals surface area contributed by atoms with E-state index in [1.165, 1.54) is 32.1 Å². The maximum Gasteiger partial charge on any atom is 0.274 e. The first-order chi connectivity index (χ1) is 13.1. The monoisotopic (exact) mass is 373 g/mol. The minimum absolute atomic E-state index is 0.121. The molecule has 6 heteroatoms. The van der Waals surface area contributed by atoms with Crippen molar-refractivity contribution in [1.29, 1.82) is 0 Å². The van der Waals surface area contributed by atoms with Crippen LogP contribution in [0.4, 0.5) is 0 Å². The zero-order valence-corrected chi connectivity index (χ0v) is 17.1. The highest BCUT2D eigenvalue weighted by atomic mass is 16.2. The van der Waals surface area contributed by atoms with Gasteiger partial charge in [-0.1, -0.05) is 33.1 Å². The molecule has 0 aromatic carbocycles. The Labute approximate surface area is 163 Å². The van der Waals surface area contributed by atoms with E-state index in [0.717, 1.165) is 64.2 Å². The Bertz CT molecular complexity index is 641. The van der Waals surface area contributed by atoms with Gasteiger partial charge in [-0.05, 0) is 18.8 Å². The third kappa shape index (κ3) is 4.37. The fourth-order valence-corrected chi connectivity index (χ4v) is 4.98. The third-order valence-electron chi connectivity index (χ3n) is 6.42. The number of aromatic nitrogens is 2. The first-order valence-corrected chi connectivity index (χ1v) is 10.9. The molecule has 0 atom stereocenters. The van der Waals surface area contributed by atoms with Crippen LogP contribution in [0.5, 0.6) is 0 Å². The Morgan fingerprint density at radius 2 is 1.81 bits per heavy atom. The van der Waals surface area contributed by atoms with Gasteiger partial charge in [0.1, 0.15) is 11.5 Å². The number of hydrogen-bond donors (Lipinski definition) is 0. The number of nitrogens with zero attached hydrogens (tertiary/aromatic N) is 5. The number of imidazole rings is 1. The van der Waals surface area contributed by atoms with Gasteiger partial charge in [-0.25, -0.2) is 4.98 Å². The number of hydrogen-bond acceptors (Lipinski definition) is 4. The van der Waals surface area contributed by atoms with Crippen LogP contribution < -0.4 is 0 Å². The average Bonchev–Trinajstić information content (AvgIpc) is 3.11. The van der Waals surface area contributed by atoms with E-state index in [4.69, 9.17) is 4.98 Å². The van der Waals surface area contributed by atoms with Crippen molar-refractivity contribution in [3.63, 3.8) is 0 Å². The summed E-state index contributed by atoms with van der Waals surface area (Å²) < 4.78 is 2.18. The molecule has 2 fully saturated rings. The standard InChI is InChI=1S/C21H35N5O/c1-17(2)14-23-8-9-26-15-19(22-20(26)16-23)21(27)25-12-10-24(11-13-25)18-6-4-3-5-7-18/h15,17-18H,3-14,16H2,1-2H3. The van der Waals surface area contributed by atoms with Gasteiger partial charge in [0.05, 0.1) is 6.54 Å². The van der Waals surface area contributed by atoms with Crippen LogP contribution in [0.3, 0.4) is 0 Å². The summed E-state index contributed by atoms with van der Waals surface area (Å²) in [7, 11) is 0. The van der Waals surface area contributed by atoms with Crippen molar-refractivity contribution in [2.45, 2.75) is 65.1 Å². The molecule has 0 N–H and O–H groups in total. The molecule has 2 aliphatic heterocycles. The molecular weight excluding hydrogens is 338 g/mol. The number of rotatable bonds is 4. The minimum atomic E-state index is 0.121. The van der Waals surface area contributed by atoms with Crippen molar-refractivity contribution in [3.8, 4) is 0 Å². The highest BCUT2D eigenvalue weighted by molar-refractivity contribution is 5.92. The third-order valence-corrected chi connectivity index (χ3v) is 6.42. The van der Waals surface area contributed by atoms with Crippen LogP contribution >= 0.6 is 0 Å². The van der Waals surface area contributed by atoms with Gasteiger partial charge in [0.2, 0.25) is 0 Å². The van der Waals surface area contributed by atoms with E-state index in [1.807, 2.05) is 11.1 Å². The lowest BCUT2D eigenvalue weighted by Crippen LogP contribution is -2.52. The predicted octanol–water partition coefficient (Wildman–Crippen LogP) is 2.45. The largest absolute Gasteiger partial charge is 0.335 e. The average molecular weight is 374 g/mol. The summed E-state index contributed by atoms with van der Waals surface area (Å²) in [4.78, 5) is 24.8. The molecular formula is C21H35N5O. The quantitative estimate of drug-likeness (QED) is 0.813. The van der Waals surface area contributed by atoms with Crippen molar-refractivity contribution in [3.05, 3.63) is 17.7 Å². The molecule has 0 spiro atoms. The molecule has 4 rings (SSSR count). The number of piperazine rings is 1. The summed E-state index contributed by atoms with van der Waals surface area (Å²) in [6.45, 7) is 12.2. The Balaban J connectivity index is 1.33. The zero-order valence-electron chi connectivity index (χ0n) is 17.1. The van der Waals surface area contributed by atoms with Crippen molar-refractivity contribution in [2.24, 2.45) is 5.92 Å².